The number of hydrogen-bond acceptors (Lipinski definition) is 7. The fraction of sp³-hybridized carbons (Fsp3) is 0.0625. The molecule has 6 rings (SSSR count). The van der Waals surface area contributed by atoms with Crippen LogP contribution in [0, 0.1) is 0 Å². The predicted molar refractivity (Wildman–Crippen MR) is 155 cm³/mol. The number of rotatable bonds is 6. The van der Waals surface area contributed by atoms with Crippen molar-refractivity contribution in [1.82, 2.24) is 5.32 Å². The minimum absolute atomic E-state index is 0. The molecule has 11 heteroatoms. The molecule has 0 fully saturated rings. The maximum atomic E-state index is 11.8. The molecule has 0 spiro atoms. The van der Waals surface area contributed by atoms with Crippen LogP contribution >= 0.6 is 0 Å². The van der Waals surface area contributed by atoms with Crippen LogP contribution in [0.5, 0.6) is 0 Å². The molecular weight excluding hydrogens is 604 g/mol. The smallest absolute Gasteiger partial charge is 0.744 e. The Balaban J connectivity index is 0.00000212. The molecule has 43 heavy (non-hydrogen) atoms. The summed E-state index contributed by atoms with van der Waals surface area (Å²) in [5, 5.41) is 6.04. The van der Waals surface area contributed by atoms with Gasteiger partial charge in [-0.3, -0.25) is 5.32 Å². The molecule has 1 unspecified atom stereocenters. The van der Waals surface area contributed by atoms with Crippen LogP contribution in [-0.4, -0.2) is 25.9 Å². The molecule has 1 heterocycles. The Bertz CT molecular complexity index is 2060. The molecular formula is C32H23NNa2O6S2. The molecule has 0 aliphatic carbocycles. The van der Waals surface area contributed by atoms with Gasteiger partial charge >= 0.3 is 59.1 Å². The van der Waals surface area contributed by atoms with Crippen LogP contribution in [0.15, 0.2) is 119 Å². The van der Waals surface area contributed by atoms with Gasteiger partial charge in [0.05, 0.1) is 15.3 Å². The van der Waals surface area contributed by atoms with E-state index in [2.05, 4.69) is 47.8 Å². The molecule has 1 atom stereocenters. The van der Waals surface area contributed by atoms with E-state index < -0.39 is 35.6 Å². The average molecular weight is 628 g/mol. The van der Waals surface area contributed by atoms with E-state index in [0.29, 0.717) is 12.6 Å². The van der Waals surface area contributed by atoms with Crippen LogP contribution < -0.4 is 64.4 Å². The molecule has 1 aliphatic rings. The standard InChI is InChI=1S/C32H25NO6S2.2Na/c34-40(35,36)29-18-14-24(31(20-29)41(37,38)39)12-9-22-10-15-27(16-11-22)32(30-8-4-3-7-26(30)21-33-32)28-17-13-23-5-1-2-6-25(23)19-28;;/h1-20,33H,21H2,(H,34,35,36)(H,37,38,39);;/q;2*+1/p-2. The molecule has 5 aromatic carbocycles. The van der Waals surface area contributed by atoms with Gasteiger partial charge in [0.2, 0.25) is 0 Å². The van der Waals surface area contributed by atoms with Crippen molar-refractivity contribution in [1.29, 1.82) is 0 Å². The summed E-state index contributed by atoms with van der Waals surface area (Å²) in [5.41, 5.74) is 4.61. The fourth-order valence-electron chi connectivity index (χ4n) is 5.52. The van der Waals surface area contributed by atoms with Crippen LogP contribution in [0.4, 0.5) is 0 Å². The Morgan fingerprint density at radius 3 is 2.00 bits per heavy atom. The van der Waals surface area contributed by atoms with E-state index in [1.165, 1.54) is 11.6 Å². The molecule has 0 saturated carbocycles. The zero-order valence-electron chi connectivity index (χ0n) is 23.5. The minimum Gasteiger partial charge on any atom is -0.744 e. The Hall–Kier alpha value is -2.12. The van der Waals surface area contributed by atoms with Crippen molar-refractivity contribution in [3.8, 4) is 0 Å². The SMILES string of the molecule is O=S(=O)([O-])c1ccc(C=Cc2ccc(C3(c4ccc5ccccc5c4)NCc4ccccc43)cc2)c(S(=O)(=O)[O-])c1.[Na+].[Na+]. The summed E-state index contributed by atoms with van der Waals surface area (Å²) in [6, 6.07) is 33.5. The van der Waals surface area contributed by atoms with Crippen LogP contribution in [0.2, 0.25) is 0 Å². The van der Waals surface area contributed by atoms with Crippen molar-refractivity contribution in [3.05, 3.63) is 143 Å². The van der Waals surface area contributed by atoms with Crippen molar-refractivity contribution < 1.29 is 85.1 Å². The molecule has 5 aromatic rings. The van der Waals surface area contributed by atoms with Gasteiger partial charge in [0.15, 0.2) is 0 Å². The van der Waals surface area contributed by atoms with Gasteiger partial charge in [-0.05, 0) is 62.4 Å². The first kappa shape index (κ1) is 33.8. The first-order chi connectivity index (χ1) is 19.6. The third-order valence-electron chi connectivity index (χ3n) is 7.49. The first-order valence-electron chi connectivity index (χ1n) is 12.7. The van der Waals surface area contributed by atoms with Crippen molar-refractivity contribution in [3.63, 3.8) is 0 Å². The predicted octanol–water partition coefficient (Wildman–Crippen LogP) is -0.778. The van der Waals surface area contributed by atoms with Crippen molar-refractivity contribution in [2.75, 3.05) is 0 Å². The maximum Gasteiger partial charge on any atom is 1.00 e. The van der Waals surface area contributed by atoms with E-state index in [4.69, 9.17) is 0 Å². The van der Waals surface area contributed by atoms with Gasteiger partial charge in [0.1, 0.15) is 20.2 Å². The molecule has 7 nitrogen and oxygen atoms in total. The van der Waals surface area contributed by atoms with E-state index >= 15 is 0 Å². The Morgan fingerprint density at radius 2 is 1.30 bits per heavy atom. The summed E-state index contributed by atoms with van der Waals surface area (Å²) in [4.78, 5) is -1.55. The third-order valence-corrected chi connectivity index (χ3v) is 9.21. The van der Waals surface area contributed by atoms with Crippen LogP contribution in [0.3, 0.4) is 0 Å². The van der Waals surface area contributed by atoms with E-state index in [1.54, 1.807) is 6.08 Å². The normalized spacial score (nSPS) is 16.4. The summed E-state index contributed by atoms with van der Waals surface area (Å²) >= 11 is 0. The van der Waals surface area contributed by atoms with Crippen LogP contribution in [0.25, 0.3) is 22.9 Å². The van der Waals surface area contributed by atoms with Gasteiger partial charge in [-0.25, -0.2) is 16.8 Å². The van der Waals surface area contributed by atoms with Gasteiger partial charge in [-0.2, -0.15) is 0 Å². The molecule has 0 amide bonds. The van der Waals surface area contributed by atoms with Gasteiger partial charge in [-0.1, -0.05) is 103 Å². The van der Waals surface area contributed by atoms with Gasteiger partial charge in [-0.15, -0.1) is 0 Å². The quantitative estimate of drug-likeness (QED) is 0.149. The largest absolute Gasteiger partial charge is 1.00 e. The first-order valence-corrected chi connectivity index (χ1v) is 15.5. The second kappa shape index (κ2) is 13.1. The zero-order valence-corrected chi connectivity index (χ0v) is 29.2. The Kier molecular flexibility index (Phi) is 10.3. The molecule has 0 aromatic heterocycles. The Morgan fingerprint density at radius 1 is 0.651 bits per heavy atom. The second-order valence-electron chi connectivity index (χ2n) is 9.89. The number of fused-ring (bicyclic) bond motifs is 2. The minimum atomic E-state index is -5.03. The zero-order chi connectivity index (χ0) is 28.8. The van der Waals surface area contributed by atoms with E-state index in [9.17, 15) is 25.9 Å². The topological polar surface area (TPSA) is 126 Å². The fourth-order valence-corrected chi connectivity index (χ4v) is 6.79. The van der Waals surface area contributed by atoms with Crippen molar-refractivity contribution >= 4 is 43.2 Å². The second-order valence-corrected chi connectivity index (χ2v) is 12.6. The molecule has 0 saturated heterocycles. The third kappa shape index (κ3) is 6.63. The molecule has 0 radical (unpaired) electrons. The molecule has 1 N–H and O–H groups in total. The summed E-state index contributed by atoms with van der Waals surface area (Å²) in [7, 11) is -9.96. The van der Waals surface area contributed by atoms with E-state index in [-0.39, 0.29) is 64.7 Å². The average Bonchev–Trinajstić information content (AvgIpc) is 3.35. The summed E-state index contributed by atoms with van der Waals surface area (Å²) < 4.78 is 69.4. The summed E-state index contributed by atoms with van der Waals surface area (Å²) in [5.74, 6) is 0. The van der Waals surface area contributed by atoms with Gasteiger partial charge in [0, 0.05) is 6.54 Å². The van der Waals surface area contributed by atoms with E-state index in [1.807, 2.05) is 48.5 Å². The van der Waals surface area contributed by atoms with Crippen LogP contribution in [-0.2, 0) is 32.3 Å². The van der Waals surface area contributed by atoms with Gasteiger partial charge < -0.3 is 9.11 Å². The molecule has 1 aliphatic heterocycles. The number of hydrogen-bond donors (Lipinski definition) is 1. The number of benzene rings is 5. The number of nitrogens with one attached hydrogen (secondary N) is 1. The maximum absolute atomic E-state index is 11.8. The van der Waals surface area contributed by atoms with Gasteiger partial charge in [0.25, 0.3) is 0 Å². The molecule has 0 bridgehead atoms. The van der Waals surface area contributed by atoms with Crippen LogP contribution in [0.1, 0.15) is 33.4 Å². The van der Waals surface area contributed by atoms with E-state index in [0.717, 1.165) is 45.2 Å². The van der Waals surface area contributed by atoms with Crippen molar-refractivity contribution in [2.45, 2.75) is 21.9 Å². The summed E-state index contributed by atoms with van der Waals surface area (Å²) in [6.07, 6.45) is 3.03. The van der Waals surface area contributed by atoms with Crippen molar-refractivity contribution in [2.24, 2.45) is 0 Å². The summed E-state index contributed by atoms with van der Waals surface area (Å²) in [6.45, 7) is 0.701. The Labute approximate surface area is 295 Å². The monoisotopic (exact) mass is 627 g/mol. The molecule has 206 valence electrons.